The minimum absolute atomic E-state index is 0.0268. The Hall–Kier alpha value is -3.61. The second-order valence-electron chi connectivity index (χ2n) is 9.90. The molecule has 1 aromatic heterocycles. The number of hydrogen-bond acceptors (Lipinski definition) is 5. The van der Waals surface area contributed by atoms with Crippen LogP contribution in [0.4, 0.5) is 13.2 Å². The van der Waals surface area contributed by atoms with Crippen LogP contribution < -0.4 is 4.74 Å². The molecule has 2 aromatic carbocycles. The van der Waals surface area contributed by atoms with Crippen molar-refractivity contribution in [3.05, 3.63) is 71.4 Å². The van der Waals surface area contributed by atoms with E-state index in [1.807, 2.05) is 18.2 Å². The van der Waals surface area contributed by atoms with Crippen LogP contribution >= 0.6 is 0 Å². The number of carboxylic acids is 1. The van der Waals surface area contributed by atoms with E-state index in [0.29, 0.717) is 37.2 Å². The quantitative estimate of drug-likeness (QED) is 0.365. The van der Waals surface area contributed by atoms with E-state index in [9.17, 15) is 28.2 Å². The summed E-state index contributed by atoms with van der Waals surface area (Å²) in [4.78, 5) is 18.0. The van der Waals surface area contributed by atoms with Crippen molar-refractivity contribution in [1.29, 1.82) is 0 Å². The predicted octanol–water partition coefficient (Wildman–Crippen LogP) is 5.54. The van der Waals surface area contributed by atoms with Gasteiger partial charge in [0.05, 0.1) is 30.8 Å². The topological polar surface area (TPSA) is 82.9 Å². The Morgan fingerprint density at radius 2 is 1.95 bits per heavy atom. The Balaban J connectivity index is 1.37. The van der Waals surface area contributed by atoms with Gasteiger partial charge in [0.1, 0.15) is 5.75 Å². The van der Waals surface area contributed by atoms with Crippen molar-refractivity contribution >= 4 is 16.9 Å². The van der Waals surface area contributed by atoms with Crippen molar-refractivity contribution in [3.8, 4) is 17.6 Å². The molecule has 0 saturated carbocycles. The molecule has 0 unspecified atom stereocenters. The molecule has 4 rings (SSSR count). The number of fused-ring (bicyclic) bond motifs is 1. The molecule has 9 heteroatoms. The molecule has 0 spiro atoms. The number of hydrogen-bond donors (Lipinski definition) is 2. The van der Waals surface area contributed by atoms with E-state index in [2.05, 4.69) is 21.7 Å². The van der Waals surface area contributed by atoms with Gasteiger partial charge in [0.25, 0.3) is 0 Å². The largest absolute Gasteiger partial charge is 0.497 e. The molecule has 1 aliphatic heterocycles. The first-order valence-corrected chi connectivity index (χ1v) is 12.8. The molecule has 0 radical (unpaired) electrons. The maximum Gasteiger partial charge on any atom is 0.416 e. The summed E-state index contributed by atoms with van der Waals surface area (Å²) in [5.74, 6) is 5.76. The summed E-state index contributed by atoms with van der Waals surface area (Å²) in [6.45, 7) is 1.69. The van der Waals surface area contributed by atoms with Crippen LogP contribution in [0.5, 0.6) is 5.75 Å². The van der Waals surface area contributed by atoms with Crippen molar-refractivity contribution < 1.29 is 32.9 Å². The molecule has 2 heterocycles. The SMILES string of the molecule is COc1ccc2nccc([C@@H](O)CC[C@@H]3CCN(CC#Cc4ccc(C(F)(F)F)cc4)C[C@@H]3CC(=O)O)c2c1. The molecular formula is C30H31F3N2O4. The Labute approximate surface area is 225 Å². The van der Waals surface area contributed by atoms with Crippen LogP contribution in [0.3, 0.4) is 0 Å². The first-order valence-electron chi connectivity index (χ1n) is 12.8. The van der Waals surface area contributed by atoms with Gasteiger partial charge in [0.2, 0.25) is 0 Å². The summed E-state index contributed by atoms with van der Waals surface area (Å²) < 4.78 is 43.6. The van der Waals surface area contributed by atoms with Crippen LogP contribution in [-0.2, 0) is 11.0 Å². The molecule has 0 bridgehead atoms. The van der Waals surface area contributed by atoms with E-state index in [1.165, 1.54) is 12.1 Å². The molecule has 206 valence electrons. The number of aliphatic hydroxyl groups excluding tert-OH is 1. The average molecular weight is 541 g/mol. The van der Waals surface area contributed by atoms with E-state index in [-0.39, 0.29) is 18.3 Å². The fourth-order valence-electron chi connectivity index (χ4n) is 5.22. The minimum atomic E-state index is -4.38. The number of aliphatic carboxylic acids is 1. The summed E-state index contributed by atoms with van der Waals surface area (Å²) in [5, 5.41) is 21.4. The number of carbonyl (C=O) groups is 1. The van der Waals surface area contributed by atoms with Crippen molar-refractivity contribution in [1.82, 2.24) is 9.88 Å². The highest BCUT2D eigenvalue weighted by molar-refractivity contribution is 5.83. The molecule has 1 fully saturated rings. The number of halogens is 3. The molecule has 2 N–H and O–H groups in total. The van der Waals surface area contributed by atoms with E-state index in [4.69, 9.17) is 4.74 Å². The standard InChI is InChI=1S/C30H31F3N2O4/c1-39-24-9-10-27-26(18-24)25(12-14-34-27)28(36)11-6-21-13-16-35(19-22(21)17-29(37)38)15-2-3-20-4-7-23(8-5-20)30(31,32)33/h4-5,7-10,12,14,18,21-22,28,36H,6,11,13,15-17,19H2,1H3,(H,37,38)/t21-,22+,28+/m1/s1. The van der Waals surface area contributed by atoms with Crippen molar-refractivity contribution in [2.24, 2.45) is 11.8 Å². The predicted molar refractivity (Wildman–Crippen MR) is 141 cm³/mol. The highest BCUT2D eigenvalue weighted by Crippen LogP contribution is 2.35. The van der Waals surface area contributed by atoms with Gasteiger partial charge >= 0.3 is 12.1 Å². The summed E-state index contributed by atoms with van der Waals surface area (Å²) >= 11 is 0. The Morgan fingerprint density at radius 3 is 2.64 bits per heavy atom. The highest BCUT2D eigenvalue weighted by Gasteiger charge is 2.31. The number of pyridine rings is 1. The third kappa shape index (κ3) is 7.49. The van der Waals surface area contributed by atoms with E-state index < -0.39 is 23.8 Å². The number of ether oxygens (including phenoxy) is 1. The minimum Gasteiger partial charge on any atom is -0.497 e. The molecule has 3 aromatic rings. The lowest BCUT2D eigenvalue weighted by molar-refractivity contribution is -0.139. The second-order valence-corrected chi connectivity index (χ2v) is 9.90. The zero-order chi connectivity index (χ0) is 28.0. The lowest BCUT2D eigenvalue weighted by Crippen LogP contribution is -2.41. The molecule has 0 aliphatic carbocycles. The summed E-state index contributed by atoms with van der Waals surface area (Å²) in [5.41, 5.74) is 1.32. The van der Waals surface area contributed by atoms with Gasteiger partial charge in [-0.25, -0.2) is 0 Å². The van der Waals surface area contributed by atoms with Gasteiger partial charge in [-0.3, -0.25) is 14.7 Å². The zero-order valence-corrected chi connectivity index (χ0v) is 21.6. The number of methoxy groups -OCH3 is 1. The molecule has 39 heavy (non-hydrogen) atoms. The second kappa shape index (κ2) is 12.5. The normalized spacial score (nSPS) is 18.8. The molecule has 1 saturated heterocycles. The number of piperidine rings is 1. The number of benzene rings is 2. The van der Waals surface area contributed by atoms with Crippen LogP contribution in [-0.4, -0.2) is 52.8 Å². The number of aromatic nitrogens is 1. The Morgan fingerprint density at radius 1 is 1.18 bits per heavy atom. The number of nitrogens with zero attached hydrogens (tertiary/aromatic N) is 2. The number of aliphatic hydroxyl groups is 1. The van der Waals surface area contributed by atoms with Gasteiger partial charge in [0.15, 0.2) is 0 Å². The fourth-order valence-corrected chi connectivity index (χ4v) is 5.22. The summed E-state index contributed by atoms with van der Waals surface area (Å²) in [7, 11) is 1.59. The number of likely N-dealkylation sites (tertiary alicyclic amines) is 1. The van der Waals surface area contributed by atoms with Crippen LogP contribution in [0.1, 0.15) is 48.5 Å². The third-order valence-electron chi connectivity index (χ3n) is 7.31. The van der Waals surface area contributed by atoms with E-state index in [1.54, 1.807) is 19.4 Å². The Bertz CT molecular complexity index is 1350. The van der Waals surface area contributed by atoms with E-state index in [0.717, 1.165) is 41.6 Å². The lowest BCUT2D eigenvalue weighted by Gasteiger charge is -2.37. The van der Waals surface area contributed by atoms with Crippen molar-refractivity contribution in [3.63, 3.8) is 0 Å². The fraction of sp³-hybridized carbons (Fsp3) is 0.400. The number of carboxylic acid groups (broad SMARTS) is 1. The van der Waals surface area contributed by atoms with Crippen molar-refractivity contribution in [2.75, 3.05) is 26.7 Å². The van der Waals surface area contributed by atoms with Gasteiger partial charge in [-0.1, -0.05) is 11.8 Å². The van der Waals surface area contributed by atoms with Crippen molar-refractivity contribution in [2.45, 2.75) is 38.0 Å². The first kappa shape index (κ1) is 28.4. The molecule has 6 nitrogen and oxygen atoms in total. The summed E-state index contributed by atoms with van der Waals surface area (Å²) in [6.07, 6.45) is -1.46. The summed E-state index contributed by atoms with van der Waals surface area (Å²) in [6, 6.07) is 12.1. The van der Waals surface area contributed by atoms with Gasteiger partial charge in [-0.05, 0) is 91.7 Å². The van der Waals surface area contributed by atoms with Crippen LogP contribution in [0.15, 0.2) is 54.7 Å². The molecular weight excluding hydrogens is 509 g/mol. The first-order chi connectivity index (χ1) is 18.6. The zero-order valence-electron chi connectivity index (χ0n) is 21.6. The Kier molecular flexibility index (Phi) is 9.10. The van der Waals surface area contributed by atoms with Gasteiger partial charge < -0.3 is 14.9 Å². The molecule has 3 atom stereocenters. The van der Waals surface area contributed by atoms with Crippen LogP contribution in [0.2, 0.25) is 0 Å². The van der Waals surface area contributed by atoms with Crippen LogP contribution in [0.25, 0.3) is 10.9 Å². The maximum atomic E-state index is 12.7. The molecule has 0 amide bonds. The van der Waals surface area contributed by atoms with Gasteiger partial charge in [-0.2, -0.15) is 13.2 Å². The maximum absolute atomic E-state index is 12.7. The number of alkyl halides is 3. The lowest BCUT2D eigenvalue weighted by atomic mass is 9.79. The number of rotatable bonds is 8. The van der Waals surface area contributed by atoms with Gasteiger partial charge in [-0.15, -0.1) is 0 Å². The highest BCUT2D eigenvalue weighted by atomic mass is 19.4. The molecule has 1 aliphatic rings. The average Bonchev–Trinajstić information content (AvgIpc) is 2.91. The van der Waals surface area contributed by atoms with E-state index >= 15 is 0 Å². The van der Waals surface area contributed by atoms with Crippen LogP contribution in [0, 0.1) is 23.7 Å². The van der Waals surface area contributed by atoms with Gasteiger partial charge in [0, 0.05) is 30.1 Å². The monoisotopic (exact) mass is 540 g/mol. The third-order valence-corrected chi connectivity index (χ3v) is 7.31. The smallest absolute Gasteiger partial charge is 0.416 e.